The molecule has 0 radical (unpaired) electrons. The Bertz CT molecular complexity index is 529. The Morgan fingerprint density at radius 2 is 2.04 bits per heavy atom. The van der Waals surface area contributed by atoms with Crippen LogP contribution in [0.1, 0.15) is 40.5 Å². The van der Waals surface area contributed by atoms with E-state index in [2.05, 4.69) is 0 Å². The van der Waals surface area contributed by atoms with E-state index in [-0.39, 0.29) is 5.92 Å². The van der Waals surface area contributed by atoms with Gasteiger partial charge in [0.25, 0.3) is 0 Å². The number of aliphatic hydroxyl groups is 4. The number of rotatable bonds is 5. The molecule has 2 aliphatic rings. The van der Waals surface area contributed by atoms with E-state index in [9.17, 15) is 25.2 Å². The van der Waals surface area contributed by atoms with Crippen molar-refractivity contribution in [1.29, 1.82) is 0 Å². The summed E-state index contributed by atoms with van der Waals surface area (Å²) in [6.45, 7) is 6.35. The van der Waals surface area contributed by atoms with Gasteiger partial charge in [0.15, 0.2) is 12.4 Å². The molecule has 1 saturated heterocycles. The first kappa shape index (κ1) is 21.3. The van der Waals surface area contributed by atoms with Crippen molar-refractivity contribution >= 4 is 5.97 Å². The maximum atomic E-state index is 11.3. The van der Waals surface area contributed by atoms with E-state index in [1.54, 1.807) is 6.92 Å². The van der Waals surface area contributed by atoms with Crippen LogP contribution in [0, 0.1) is 5.92 Å². The standard InChI is InChI=1S/C18H30O8/c1-9(2)11-5-6-18(4,23)13(7-11)26-17-15(22)16(24-10(3)20)14(21)12(8-19)25-17/h5,9,12-17,19,21-23H,6-8H2,1-4H3. The summed E-state index contributed by atoms with van der Waals surface area (Å²) in [6, 6.07) is 0. The van der Waals surface area contributed by atoms with Crippen LogP contribution in [-0.2, 0) is 19.0 Å². The van der Waals surface area contributed by atoms with Crippen LogP contribution in [0.5, 0.6) is 0 Å². The Balaban J connectivity index is 2.18. The summed E-state index contributed by atoms with van der Waals surface area (Å²) in [5, 5.41) is 40.7. The monoisotopic (exact) mass is 374 g/mol. The molecule has 0 amide bonds. The lowest BCUT2D eigenvalue weighted by atomic mass is 9.80. The average molecular weight is 374 g/mol. The van der Waals surface area contributed by atoms with Crippen LogP contribution in [0.25, 0.3) is 0 Å². The molecule has 0 aromatic rings. The minimum absolute atomic E-state index is 0.287. The molecular weight excluding hydrogens is 344 g/mol. The Kier molecular flexibility index (Phi) is 6.81. The second-order valence-corrected chi connectivity index (χ2v) is 7.60. The summed E-state index contributed by atoms with van der Waals surface area (Å²) < 4.78 is 16.3. The molecule has 1 heterocycles. The van der Waals surface area contributed by atoms with Crippen LogP contribution in [0.2, 0.25) is 0 Å². The van der Waals surface area contributed by atoms with Gasteiger partial charge >= 0.3 is 5.97 Å². The number of carbonyl (C=O) groups is 1. The summed E-state index contributed by atoms with van der Waals surface area (Å²) in [5.74, 6) is -0.393. The highest BCUT2D eigenvalue weighted by Gasteiger charge is 2.49. The van der Waals surface area contributed by atoms with E-state index >= 15 is 0 Å². The zero-order chi connectivity index (χ0) is 19.6. The van der Waals surface area contributed by atoms with E-state index in [1.807, 2.05) is 19.9 Å². The van der Waals surface area contributed by atoms with Crippen molar-refractivity contribution in [2.45, 2.75) is 82.9 Å². The topological polar surface area (TPSA) is 126 Å². The van der Waals surface area contributed by atoms with Crippen LogP contribution in [0.4, 0.5) is 0 Å². The van der Waals surface area contributed by atoms with Crippen molar-refractivity contribution < 1.29 is 39.4 Å². The molecule has 0 aromatic heterocycles. The summed E-state index contributed by atoms with van der Waals surface area (Å²) in [5.41, 5.74) is -0.0366. The molecule has 150 valence electrons. The molecule has 1 fully saturated rings. The first-order chi connectivity index (χ1) is 12.1. The van der Waals surface area contributed by atoms with Gasteiger partial charge in [0.2, 0.25) is 0 Å². The molecule has 2 rings (SSSR count). The number of esters is 1. The van der Waals surface area contributed by atoms with E-state index < -0.39 is 55.0 Å². The van der Waals surface area contributed by atoms with Gasteiger partial charge in [0.05, 0.1) is 18.3 Å². The minimum Gasteiger partial charge on any atom is -0.457 e. The lowest BCUT2D eigenvalue weighted by molar-refractivity contribution is -0.324. The Morgan fingerprint density at radius 3 is 2.58 bits per heavy atom. The average Bonchev–Trinajstić information content (AvgIpc) is 2.55. The second-order valence-electron chi connectivity index (χ2n) is 7.60. The molecule has 7 unspecified atom stereocenters. The Morgan fingerprint density at radius 1 is 1.38 bits per heavy atom. The van der Waals surface area contributed by atoms with Crippen molar-refractivity contribution in [3.63, 3.8) is 0 Å². The lowest BCUT2D eigenvalue weighted by Gasteiger charge is -2.45. The summed E-state index contributed by atoms with van der Waals surface area (Å²) in [6.07, 6.45) is -4.30. The first-order valence-corrected chi connectivity index (χ1v) is 8.93. The van der Waals surface area contributed by atoms with E-state index in [4.69, 9.17) is 14.2 Å². The van der Waals surface area contributed by atoms with Gasteiger partial charge in [-0.25, -0.2) is 0 Å². The third-order valence-corrected chi connectivity index (χ3v) is 5.06. The van der Waals surface area contributed by atoms with Gasteiger partial charge < -0.3 is 34.6 Å². The quantitative estimate of drug-likeness (QED) is 0.387. The van der Waals surface area contributed by atoms with Gasteiger partial charge in [0.1, 0.15) is 18.3 Å². The number of aliphatic hydroxyl groups excluding tert-OH is 3. The van der Waals surface area contributed by atoms with Gasteiger partial charge in [0, 0.05) is 6.92 Å². The van der Waals surface area contributed by atoms with E-state index in [0.29, 0.717) is 12.8 Å². The fraction of sp³-hybridized carbons (Fsp3) is 0.833. The number of hydrogen-bond donors (Lipinski definition) is 4. The molecular formula is C18H30O8. The van der Waals surface area contributed by atoms with Crippen molar-refractivity contribution in [2.75, 3.05) is 6.61 Å². The second kappa shape index (κ2) is 8.33. The molecule has 0 aromatic carbocycles. The molecule has 4 N–H and O–H groups in total. The van der Waals surface area contributed by atoms with Gasteiger partial charge in [-0.1, -0.05) is 25.5 Å². The van der Waals surface area contributed by atoms with Crippen molar-refractivity contribution in [1.82, 2.24) is 0 Å². The molecule has 26 heavy (non-hydrogen) atoms. The van der Waals surface area contributed by atoms with Gasteiger partial charge in [-0.15, -0.1) is 0 Å². The van der Waals surface area contributed by atoms with Crippen molar-refractivity contribution in [3.05, 3.63) is 11.6 Å². The number of hydrogen-bond acceptors (Lipinski definition) is 8. The third-order valence-electron chi connectivity index (χ3n) is 5.06. The van der Waals surface area contributed by atoms with Crippen molar-refractivity contribution in [2.24, 2.45) is 5.92 Å². The normalized spacial score (nSPS) is 41.0. The summed E-state index contributed by atoms with van der Waals surface area (Å²) >= 11 is 0. The molecule has 0 spiro atoms. The zero-order valence-electron chi connectivity index (χ0n) is 15.7. The SMILES string of the molecule is CC(=O)OC1C(O)C(CO)OC(OC2CC(C(C)C)=CCC2(C)O)C1O. The number of ether oxygens (including phenoxy) is 3. The Hall–Kier alpha value is -1.03. The van der Waals surface area contributed by atoms with Crippen LogP contribution >= 0.6 is 0 Å². The van der Waals surface area contributed by atoms with Crippen LogP contribution in [-0.4, -0.2) is 75.4 Å². The highest BCUT2D eigenvalue weighted by molar-refractivity contribution is 5.66. The molecule has 8 nitrogen and oxygen atoms in total. The van der Waals surface area contributed by atoms with E-state index in [0.717, 1.165) is 12.5 Å². The highest BCUT2D eigenvalue weighted by atomic mass is 16.7. The molecule has 0 bridgehead atoms. The summed E-state index contributed by atoms with van der Waals surface area (Å²) in [7, 11) is 0. The Labute approximate surface area is 153 Å². The predicted molar refractivity (Wildman–Crippen MR) is 91.0 cm³/mol. The smallest absolute Gasteiger partial charge is 0.303 e. The first-order valence-electron chi connectivity index (χ1n) is 8.93. The third kappa shape index (κ3) is 4.62. The minimum atomic E-state index is -1.46. The molecule has 8 heteroatoms. The lowest BCUT2D eigenvalue weighted by Crippen LogP contribution is -2.62. The molecule has 0 saturated carbocycles. The van der Waals surface area contributed by atoms with Gasteiger partial charge in [-0.05, 0) is 25.7 Å². The fourth-order valence-electron chi connectivity index (χ4n) is 3.31. The van der Waals surface area contributed by atoms with Crippen LogP contribution < -0.4 is 0 Å². The molecule has 1 aliphatic carbocycles. The predicted octanol–water partition coefficient (Wildman–Crippen LogP) is -0.131. The zero-order valence-corrected chi connectivity index (χ0v) is 15.7. The van der Waals surface area contributed by atoms with E-state index in [1.165, 1.54) is 0 Å². The largest absolute Gasteiger partial charge is 0.457 e. The van der Waals surface area contributed by atoms with Gasteiger partial charge in [-0.3, -0.25) is 4.79 Å². The maximum absolute atomic E-state index is 11.3. The molecule has 7 atom stereocenters. The maximum Gasteiger partial charge on any atom is 0.303 e. The summed E-state index contributed by atoms with van der Waals surface area (Å²) in [4.78, 5) is 11.3. The highest BCUT2D eigenvalue weighted by Crippen LogP contribution is 2.35. The van der Waals surface area contributed by atoms with Gasteiger partial charge in [-0.2, -0.15) is 0 Å². The fourth-order valence-corrected chi connectivity index (χ4v) is 3.31. The van der Waals surface area contributed by atoms with Crippen molar-refractivity contribution in [3.8, 4) is 0 Å². The van der Waals surface area contributed by atoms with Crippen LogP contribution in [0.15, 0.2) is 11.6 Å². The molecule has 1 aliphatic heterocycles. The number of carbonyl (C=O) groups excluding carboxylic acids is 1. The van der Waals surface area contributed by atoms with Crippen LogP contribution in [0.3, 0.4) is 0 Å².